The van der Waals surface area contributed by atoms with Gasteiger partial charge in [-0.1, -0.05) is 11.8 Å². The van der Waals surface area contributed by atoms with Gasteiger partial charge in [0.1, 0.15) is 12.3 Å². The van der Waals surface area contributed by atoms with Gasteiger partial charge in [0.05, 0.1) is 18.4 Å². The van der Waals surface area contributed by atoms with Crippen LogP contribution >= 0.6 is 0 Å². The van der Waals surface area contributed by atoms with Crippen molar-refractivity contribution in [3.8, 4) is 17.6 Å². The minimum absolute atomic E-state index is 0.187. The Labute approximate surface area is 222 Å². The predicted octanol–water partition coefficient (Wildman–Crippen LogP) is 2.32. The monoisotopic (exact) mass is 539 g/mol. The summed E-state index contributed by atoms with van der Waals surface area (Å²) in [4.78, 5) is 36.7. The molecule has 3 aromatic heterocycles. The van der Waals surface area contributed by atoms with Crippen LogP contribution in [0, 0.1) is 11.8 Å². The van der Waals surface area contributed by atoms with Crippen molar-refractivity contribution in [1.29, 1.82) is 0 Å². The van der Waals surface area contributed by atoms with Crippen LogP contribution in [0.25, 0.3) is 0 Å². The summed E-state index contributed by atoms with van der Waals surface area (Å²) in [5, 5.41) is 9.45. The fourth-order valence-electron chi connectivity index (χ4n) is 3.71. The van der Waals surface area contributed by atoms with Crippen LogP contribution in [0.5, 0.6) is 5.75 Å². The predicted molar refractivity (Wildman–Crippen MR) is 134 cm³/mol. The van der Waals surface area contributed by atoms with Gasteiger partial charge in [-0.25, -0.2) is 0 Å². The normalized spacial score (nSPS) is 13.3. The molecule has 13 heteroatoms. The summed E-state index contributed by atoms with van der Waals surface area (Å²) in [5.41, 5.74) is 1.44. The Kier molecular flexibility index (Phi) is 8.55. The summed E-state index contributed by atoms with van der Waals surface area (Å²) in [6.07, 6.45) is 1.79. The Bertz CT molecular complexity index is 1380. The van der Waals surface area contributed by atoms with Crippen LogP contribution in [0.1, 0.15) is 38.9 Å². The number of pyridine rings is 2. The zero-order valence-electron chi connectivity index (χ0n) is 20.9. The zero-order chi connectivity index (χ0) is 27.8. The Morgan fingerprint density at radius 3 is 2.31 bits per heavy atom. The zero-order valence-corrected chi connectivity index (χ0v) is 20.9. The molecule has 1 fully saturated rings. The molecule has 1 saturated heterocycles. The molecular weight excluding hydrogens is 515 g/mol. The average molecular weight is 540 g/mol. The molecule has 4 heterocycles. The quantitative estimate of drug-likeness (QED) is 0.475. The smallest absolute Gasteiger partial charge is 0.405 e. The molecule has 0 unspecified atom stereocenters. The van der Waals surface area contributed by atoms with E-state index in [9.17, 15) is 22.8 Å². The Morgan fingerprint density at radius 2 is 1.67 bits per heavy atom. The number of rotatable bonds is 6. The summed E-state index contributed by atoms with van der Waals surface area (Å²) in [6.45, 7) is 2.67. The van der Waals surface area contributed by atoms with Crippen LogP contribution in [0.15, 0.2) is 49.1 Å². The van der Waals surface area contributed by atoms with Crippen molar-refractivity contribution in [1.82, 2.24) is 30.4 Å². The molecule has 10 nitrogen and oxygen atoms in total. The van der Waals surface area contributed by atoms with Crippen molar-refractivity contribution in [2.45, 2.75) is 13.1 Å². The van der Waals surface area contributed by atoms with E-state index in [-0.39, 0.29) is 11.6 Å². The lowest BCUT2D eigenvalue weighted by Crippen LogP contribution is -2.49. The Balaban J connectivity index is 1.33. The molecule has 0 radical (unpaired) electrons. The van der Waals surface area contributed by atoms with Gasteiger partial charge in [0.15, 0.2) is 11.5 Å². The van der Waals surface area contributed by atoms with Crippen molar-refractivity contribution in [2.75, 3.05) is 44.2 Å². The lowest BCUT2D eigenvalue weighted by Gasteiger charge is -2.35. The van der Waals surface area contributed by atoms with E-state index in [4.69, 9.17) is 4.74 Å². The molecule has 1 N–H and O–H groups in total. The number of carbonyl (C=O) groups is 2. The number of halogens is 3. The Hall–Kier alpha value is -4.73. The van der Waals surface area contributed by atoms with Crippen LogP contribution in [0.4, 0.5) is 19.0 Å². The van der Waals surface area contributed by atoms with Gasteiger partial charge >= 0.3 is 6.18 Å². The van der Waals surface area contributed by atoms with E-state index in [0.29, 0.717) is 61.0 Å². The van der Waals surface area contributed by atoms with Gasteiger partial charge in [0, 0.05) is 55.9 Å². The fourth-order valence-corrected chi connectivity index (χ4v) is 3.71. The van der Waals surface area contributed by atoms with Crippen LogP contribution in [0.2, 0.25) is 0 Å². The molecule has 4 rings (SSSR count). The van der Waals surface area contributed by atoms with E-state index in [2.05, 4.69) is 32.0 Å². The second-order valence-corrected chi connectivity index (χ2v) is 8.41. The molecule has 39 heavy (non-hydrogen) atoms. The number of hydrogen-bond acceptors (Lipinski definition) is 8. The second kappa shape index (κ2) is 12.2. The molecule has 0 atom stereocenters. The van der Waals surface area contributed by atoms with Gasteiger partial charge in [-0.15, -0.1) is 10.2 Å². The van der Waals surface area contributed by atoms with Gasteiger partial charge < -0.3 is 19.9 Å². The maximum absolute atomic E-state index is 13.1. The first-order chi connectivity index (χ1) is 18.7. The van der Waals surface area contributed by atoms with E-state index in [1.807, 2.05) is 11.8 Å². The molecule has 202 valence electrons. The van der Waals surface area contributed by atoms with Gasteiger partial charge in [0.25, 0.3) is 11.8 Å². The topological polar surface area (TPSA) is 113 Å². The highest BCUT2D eigenvalue weighted by atomic mass is 19.4. The highest BCUT2D eigenvalue weighted by Crippen LogP contribution is 2.16. The van der Waals surface area contributed by atoms with Gasteiger partial charge in [-0.2, -0.15) is 13.2 Å². The van der Waals surface area contributed by atoms with Crippen LogP contribution in [-0.2, 0) is 0 Å². The Morgan fingerprint density at radius 1 is 0.974 bits per heavy atom. The number of amides is 2. The molecule has 0 aromatic carbocycles. The van der Waals surface area contributed by atoms with Crippen molar-refractivity contribution < 1.29 is 27.5 Å². The van der Waals surface area contributed by atoms with Crippen molar-refractivity contribution >= 4 is 17.6 Å². The summed E-state index contributed by atoms with van der Waals surface area (Å²) < 4.78 is 42.3. The summed E-state index contributed by atoms with van der Waals surface area (Å²) >= 11 is 0. The van der Waals surface area contributed by atoms with E-state index in [1.54, 1.807) is 40.9 Å². The number of alkyl halides is 3. The van der Waals surface area contributed by atoms with Crippen molar-refractivity contribution in [3.63, 3.8) is 0 Å². The standard InChI is InChI=1S/C26H24F3N7O3/c1-2-39-21-12-19(14-31-16-21)4-3-18-11-20(15-30-13-18)25(38)36-9-7-35(8-10-36)23-6-5-22(33-34-23)24(37)32-17-26(27,28)29/h5-6,11-16H,2,7-10,17H2,1H3,(H,32,37). The number of nitrogens with one attached hydrogen (secondary N) is 1. The van der Waals surface area contributed by atoms with E-state index in [0.717, 1.165) is 0 Å². The highest BCUT2D eigenvalue weighted by Gasteiger charge is 2.28. The number of piperazine rings is 1. The molecule has 1 aliphatic heterocycles. The lowest BCUT2D eigenvalue weighted by molar-refractivity contribution is -0.123. The third-order valence-corrected chi connectivity index (χ3v) is 5.58. The number of anilines is 1. The minimum atomic E-state index is -4.51. The maximum Gasteiger partial charge on any atom is 0.405 e. The van der Waals surface area contributed by atoms with Crippen molar-refractivity contribution in [2.24, 2.45) is 0 Å². The van der Waals surface area contributed by atoms with E-state index in [1.165, 1.54) is 18.3 Å². The van der Waals surface area contributed by atoms with E-state index >= 15 is 0 Å². The maximum atomic E-state index is 13.1. The number of nitrogens with zero attached hydrogens (tertiary/aromatic N) is 6. The molecule has 0 aliphatic carbocycles. The molecule has 0 spiro atoms. The van der Waals surface area contributed by atoms with Gasteiger partial charge in [0.2, 0.25) is 0 Å². The summed E-state index contributed by atoms with van der Waals surface area (Å²) in [7, 11) is 0. The van der Waals surface area contributed by atoms with Gasteiger partial charge in [-0.3, -0.25) is 19.6 Å². The molecule has 3 aromatic rings. The van der Waals surface area contributed by atoms with Crippen molar-refractivity contribution in [3.05, 3.63) is 71.4 Å². The first-order valence-electron chi connectivity index (χ1n) is 12.0. The molecular formula is C26H24F3N7O3. The number of aromatic nitrogens is 4. The van der Waals surface area contributed by atoms with Crippen LogP contribution in [-0.4, -0.2) is 82.4 Å². The fraction of sp³-hybridized carbons (Fsp3) is 0.308. The molecule has 0 bridgehead atoms. The first kappa shape index (κ1) is 27.3. The molecule has 0 saturated carbocycles. The summed E-state index contributed by atoms with van der Waals surface area (Å²) in [6, 6.07) is 6.29. The third kappa shape index (κ3) is 7.64. The number of hydrogen-bond donors (Lipinski definition) is 1. The van der Waals surface area contributed by atoms with Crippen LogP contribution < -0.4 is 15.0 Å². The SMILES string of the molecule is CCOc1cncc(C#Cc2cncc(C(=O)N3CCN(c4ccc(C(=O)NCC(F)(F)F)nn4)CC3)c2)c1. The molecule has 1 aliphatic rings. The summed E-state index contributed by atoms with van der Waals surface area (Å²) in [5.74, 6) is 5.93. The largest absolute Gasteiger partial charge is 0.492 e. The highest BCUT2D eigenvalue weighted by molar-refractivity contribution is 5.94. The third-order valence-electron chi connectivity index (χ3n) is 5.58. The minimum Gasteiger partial charge on any atom is -0.492 e. The second-order valence-electron chi connectivity index (χ2n) is 8.41. The van der Waals surface area contributed by atoms with Gasteiger partial charge in [-0.05, 0) is 31.2 Å². The number of ether oxygens (including phenoxy) is 1. The number of carbonyl (C=O) groups excluding carboxylic acids is 2. The van der Waals surface area contributed by atoms with Crippen LogP contribution in [0.3, 0.4) is 0 Å². The average Bonchev–Trinajstić information content (AvgIpc) is 2.95. The molecule has 2 amide bonds. The first-order valence-corrected chi connectivity index (χ1v) is 12.0. The lowest BCUT2D eigenvalue weighted by atomic mass is 10.1. The van der Waals surface area contributed by atoms with E-state index < -0.39 is 18.6 Å².